The zero-order valence-corrected chi connectivity index (χ0v) is 19.5. The molecule has 0 saturated heterocycles. The topological polar surface area (TPSA) is 69.9 Å². The van der Waals surface area contributed by atoms with Gasteiger partial charge in [-0.1, -0.05) is 35.6 Å². The Balaban J connectivity index is 1.94. The number of methoxy groups -OCH3 is 1. The van der Waals surface area contributed by atoms with E-state index in [2.05, 4.69) is 4.99 Å². The SMILES string of the molecule is COc1ccc([C@H]2C(C(=O)OC(C)C)=C(C)N=c3s/c(=C\c4cccc(F)c4)c(=O)n32)cc1. The van der Waals surface area contributed by atoms with Gasteiger partial charge in [-0.3, -0.25) is 9.36 Å². The van der Waals surface area contributed by atoms with E-state index in [1.165, 1.54) is 28.0 Å². The molecule has 0 amide bonds. The summed E-state index contributed by atoms with van der Waals surface area (Å²) in [5.74, 6) is -0.252. The molecule has 8 heteroatoms. The molecule has 2 aromatic carbocycles. The second-order valence-corrected chi connectivity index (χ2v) is 8.87. The van der Waals surface area contributed by atoms with Gasteiger partial charge in [-0.15, -0.1) is 0 Å². The van der Waals surface area contributed by atoms with Crippen LogP contribution in [0.15, 0.2) is 69.6 Å². The fraction of sp³-hybridized carbons (Fsp3) is 0.240. The number of benzene rings is 2. The quantitative estimate of drug-likeness (QED) is 0.541. The van der Waals surface area contributed by atoms with Gasteiger partial charge < -0.3 is 9.47 Å². The lowest BCUT2D eigenvalue weighted by Gasteiger charge is -2.25. The maximum Gasteiger partial charge on any atom is 0.338 e. The number of hydrogen-bond acceptors (Lipinski definition) is 6. The molecule has 2 heterocycles. The lowest BCUT2D eigenvalue weighted by Crippen LogP contribution is -2.40. The Bertz CT molecular complexity index is 1420. The van der Waals surface area contributed by atoms with Gasteiger partial charge in [0, 0.05) is 0 Å². The smallest absolute Gasteiger partial charge is 0.338 e. The number of carbonyl (C=O) groups excluding carboxylic acids is 1. The minimum Gasteiger partial charge on any atom is -0.497 e. The fourth-order valence-corrected chi connectivity index (χ4v) is 4.76. The minimum absolute atomic E-state index is 0.304. The largest absolute Gasteiger partial charge is 0.497 e. The molecule has 1 atom stereocenters. The molecule has 1 aliphatic heterocycles. The number of nitrogens with zero attached hydrogens (tertiary/aromatic N) is 2. The second kappa shape index (κ2) is 9.15. The number of fused-ring (bicyclic) bond motifs is 1. The summed E-state index contributed by atoms with van der Waals surface area (Å²) in [4.78, 5) is 31.6. The molecule has 0 N–H and O–H groups in total. The molecule has 170 valence electrons. The molecule has 0 bridgehead atoms. The van der Waals surface area contributed by atoms with Crippen LogP contribution in [-0.2, 0) is 9.53 Å². The van der Waals surface area contributed by atoms with E-state index in [4.69, 9.17) is 9.47 Å². The molecule has 0 radical (unpaired) electrons. The highest BCUT2D eigenvalue weighted by Crippen LogP contribution is 2.31. The molecule has 0 spiro atoms. The van der Waals surface area contributed by atoms with Crippen molar-refractivity contribution in [2.45, 2.75) is 32.9 Å². The Morgan fingerprint density at radius 2 is 1.94 bits per heavy atom. The van der Waals surface area contributed by atoms with Crippen molar-refractivity contribution in [1.82, 2.24) is 4.57 Å². The Kier molecular flexibility index (Phi) is 6.29. The minimum atomic E-state index is -0.715. The fourth-order valence-electron chi connectivity index (χ4n) is 3.71. The van der Waals surface area contributed by atoms with Gasteiger partial charge in [0.25, 0.3) is 5.56 Å². The average molecular weight is 467 g/mol. The summed E-state index contributed by atoms with van der Waals surface area (Å²) in [6, 6.07) is 12.5. The van der Waals surface area contributed by atoms with Crippen molar-refractivity contribution < 1.29 is 18.7 Å². The van der Waals surface area contributed by atoms with Crippen LogP contribution in [-0.4, -0.2) is 23.8 Å². The molecule has 4 rings (SSSR count). The van der Waals surface area contributed by atoms with Crippen molar-refractivity contribution in [2.24, 2.45) is 4.99 Å². The third-order valence-electron chi connectivity index (χ3n) is 5.16. The number of ether oxygens (including phenoxy) is 2. The third kappa shape index (κ3) is 4.52. The summed E-state index contributed by atoms with van der Waals surface area (Å²) in [6.45, 7) is 5.27. The van der Waals surface area contributed by atoms with Crippen molar-refractivity contribution in [3.63, 3.8) is 0 Å². The second-order valence-electron chi connectivity index (χ2n) is 7.86. The normalized spacial score (nSPS) is 15.9. The number of hydrogen-bond donors (Lipinski definition) is 0. The number of thiazole rings is 1. The molecule has 0 saturated carbocycles. The Morgan fingerprint density at radius 1 is 1.21 bits per heavy atom. The number of aromatic nitrogens is 1. The highest BCUT2D eigenvalue weighted by Gasteiger charge is 2.33. The average Bonchev–Trinajstić information content (AvgIpc) is 3.07. The predicted molar refractivity (Wildman–Crippen MR) is 124 cm³/mol. The van der Waals surface area contributed by atoms with Crippen LogP contribution >= 0.6 is 11.3 Å². The first kappa shape index (κ1) is 22.7. The number of allylic oxidation sites excluding steroid dienone is 1. The van der Waals surface area contributed by atoms with E-state index in [1.54, 1.807) is 58.2 Å². The first-order valence-corrected chi connectivity index (χ1v) is 11.2. The van der Waals surface area contributed by atoms with Crippen LogP contribution in [0, 0.1) is 5.82 Å². The maximum atomic E-state index is 13.7. The van der Waals surface area contributed by atoms with Crippen LogP contribution in [0.5, 0.6) is 5.75 Å². The number of carbonyl (C=O) groups is 1. The molecule has 1 aliphatic rings. The zero-order chi connectivity index (χ0) is 23.7. The van der Waals surface area contributed by atoms with Gasteiger partial charge in [-0.25, -0.2) is 14.2 Å². The first-order valence-electron chi connectivity index (χ1n) is 10.4. The number of rotatable bonds is 5. The number of halogens is 1. The van der Waals surface area contributed by atoms with Crippen molar-refractivity contribution in [3.05, 3.63) is 96.4 Å². The van der Waals surface area contributed by atoms with E-state index in [1.807, 2.05) is 12.1 Å². The maximum absolute atomic E-state index is 13.7. The highest BCUT2D eigenvalue weighted by atomic mass is 32.1. The van der Waals surface area contributed by atoms with Crippen LogP contribution in [0.2, 0.25) is 0 Å². The summed E-state index contributed by atoms with van der Waals surface area (Å²) >= 11 is 1.19. The molecule has 0 aliphatic carbocycles. The van der Waals surface area contributed by atoms with Gasteiger partial charge in [-0.05, 0) is 62.2 Å². The van der Waals surface area contributed by atoms with Crippen molar-refractivity contribution in [2.75, 3.05) is 7.11 Å². The number of esters is 1. The van der Waals surface area contributed by atoms with E-state index in [9.17, 15) is 14.0 Å². The zero-order valence-electron chi connectivity index (χ0n) is 18.7. The molecule has 6 nitrogen and oxygen atoms in total. The molecule has 1 aromatic heterocycles. The Labute approximate surface area is 193 Å². The Hall–Kier alpha value is -3.52. The lowest BCUT2D eigenvalue weighted by atomic mass is 9.96. The van der Waals surface area contributed by atoms with Crippen LogP contribution in [0.4, 0.5) is 4.39 Å². The van der Waals surface area contributed by atoms with Crippen LogP contribution in [0.1, 0.15) is 37.9 Å². The van der Waals surface area contributed by atoms with Gasteiger partial charge in [0.15, 0.2) is 4.80 Å². The van der Waals surface area contributed by atoms with Crippen LogP contribution in [0.25, 0.3) is 6.08 Å². The summed E-state index contributed by atoms with van der Waals surface area (Å²) in [5, 5.41) is 0. The van der Waals surface area contributed by atoms with E-state index in [-0.39, 0.29) is 17.5 Å². The standard InChI is InChI=1S/C25H23FN2O4S/c1-14(2)32-24(30)21-15(3)27-25-28(22(21)17-8-10-19(31-4)11-9-17)23(29)20(33-25)13-16-6-5-7-18(26)12-16/h5-14,22H,1-4H3/b20-13-/t22-/m0/s1. The van der Waals surface area contributed by atoms with Crippen LogP contribution < -0.4 is 19.6 Å². The van der Waals surface area contributed by atoms with E-state index < -0.39 is 12.0 Å². The van der Waals surface area contributed by atoms with E-state index in [0.29, 0.717) is 31.9 Å². The van der Waals surface area contributed by atoms with E-state index in [0.717, 1.165) is 5.56 Å². The van der Waals surface area contributed by atoms with Gasteiger partial charge in [-0.2, -0.15) is 0 Å². The summed E-state index contributed by atoms with van der Waals surface area (Å²) < 4.78 is 26.3. The molecular weight excluding hydrogens is 443 g/mol. The summed E-state index contributed by atoms with van der Waals surface area (Å²) in [6.07, 6.45) is 1.30. The predicted octanol–water partition coefficient (Wildman–Crippen LogP) is 3.33. The molecular formula is C25H23FN2O4S. The Morgan fingerprint density at radius 3 is 2.58 bits per heavy atom. The molecule has 0 unspecified atom stereocenters. The van der Waals surface area contributed by atoms with Crippen LogP contribution in [0.3, 0.4) is 0 Å². The summed E-state index contributed by atoms with van der Waals surface area (Å²) in [5.41, 5.74) is 1.76. The lowest BCUT2D eigenvalue weighted by molar-refractivity contribution is -0.143. The summed E-state index contributed by atoms with van der Waals surface area (Å²) in [7, 11) is 1.57. The third-order valence-corrected chi connectivity index (χ3v) is 6.15. The molecule has 0 fully saturated rings. The monoisotopic (exact) mass is 466 g/mol. The van der Waals surface area contributed by atoms with Gasteiger partial charge in [0.2, 0.25) is 0 Å². The molecule has 3 aromatic rings. The van der Waals surface area contributed by atoms with Crippen molar-refractivity contribution >= 4 is 23.4 Å². The van der Waals surface area contributed by atoms with Gasteiger partial charge in [0.05, 0.1) is 35.1 Å². The van der Waals surface area contributed by atoms with Gasteiger partial charge >= 0.3 is 5.97 Å². The highest BCUT2D eigenvalue weighted by molar-refractivity contribution is 7.07. The van der Waals surface area contributed by atoms with E-state index >= 15 is 0 Å². The first-order chi connectivity index (χ1) is 15.8. The van der Waals surface area contributed by atoms with Crippen molar-refractivity contribution in [3.8, 4) is 5.75 Å². The van der Waals surface area contributed by atoms with Crippen molar-refractivity contribution in [1.29, 1.82) is 0 Å². The van der Waals surface area contributed by atoms with Gasteiger partial charge in [0.1, 0.15) is 11.6 Å². The molecule has 33 heavy (non-hydrogen) atoms.